The molecule has 1 aromatic heterocycles. The van der Waals surface area contributed by atoms with E-state index in [0.717, 1.165) is 10.9 Å². The molecule has 0 spiro atoms. The number of anilines is 1. The molecule has 5 nitrogen and oxygen atoms in total. The van der Waals surface area contributed by atoms with Gasteiger partial charge in [0, 0.05) is 29.7 Å². The SMILES string of the molecule is COC(=O)c1cc(NC(C)=O)cc2[nH]ccc12. The van der Waals surface area contributed by atoms with Gasteiger partial charge in [-0.1, -0.05) is 0 Å². The van der Waals surface area contributed by atoms with Crippen LogP contribution in [0.15, 0.2) is 24.4 Å². The van der Waals surface area contributed by atoms with Crippen LogP contribution in [0, 0.1) is 0 Å². The van der Waals surface area contributed by atoms with Crippen molar-refractivity contribution in [2.75, 3.05) is 12.4 Å². The van der Waals surface area contributed by atoms with Crippen molar-refractivity contribution < 1.29 is 14.3 Å². The number of H-pyrrole nitrogens is 1. The van der Waals surface area contributed by atoms with Crippen molar-refractivity contribution in [3.8, 4) is 0 Å². The Balaban J connectivity index is 2.58. The number of benzene rings is 1. The maximum atomic E-state index is 11.6. The van der Waals surface area contributed by atoms with Gasteiger partial charge >= 0.3 is 5.97 Å². The minimum atomic E-state index is -0.429. The minimum absolute atomic E-state index is 0.188. The van der Waals surface area contributed by atoms with Gasteiger partial charge in [-0.05, 0) is 18.2 Å². The number of aromatic amines is 1. The normalized spacial score (nSPS) is 10.2. The van der Waals surface area contributed by atoms with E-state index in [9.17, 15) is 9.59 Å². The fourth-order valence-electron chi connectivity index (χ4n) is 1.72. The van der Waals surface area contributed by atoms with Crippen LogP contribution in [0.3, 0.4) is 0 Å². The van der Waals surface area contributed by atoms with E-state index >= 15 is 0 Å². The zero-order valence-corrected chi connectivity index (χ0v) is 9.53. The molecule has 2 N–H and O–H groups in total. The molecule has 1 amide bonds. The molecule has 88 valence electrons. The van der Waals surface area contributed by atoms with Gasteiger partial charge in [0.15, 0.2) is 0 Å². The maximum absolute atomic E-state index is 11.6. The predicted molar refractivity (Wildman–Crippen MR) is 63.9 cm³/mol. The van der Waals surface area contributed by atoms with Crippen molar-refractivity contribution in [1.29, 1.82) is 0 Å². The number of carbonyl (C=O) groups is 2. The molecule has 0 unspecified atom stereocenters. The summed E-state index contributed by atoms with van der Waals surface area (Å²) in [6.07, 6.45) is 1.73. The van der Waals surface area contributed by atoms with E-state index in [1.54, 1.807) is 24.4 Å². The number of nitrogens with one attached hydrogen (secondary N) is 2. The number of aromatic nitrogens is 1. The Kier molecular flexibility index (Phi) is 2.82. The van der Waals surface area contributed by atoms with E-state index in [1.807, 2.05) is 0 Å². The molecule has 5 heteroatoms. The molecule has 2 aromatic rings. The lowest BCUT2D eigenvalue weighted by Gasteiger charge is -2.06. The van der Waals surface area contributed by atoms with Crippen LogP contribution < -0.4 is 5.32 Å². The fraction of sp³-hybridized carbons (Fsp3) is 0.167. The summed E-state index contributed by atoms with van der Waals surface area (Å²) < 4.78 is 4.71. The van der Waals surface area contributed by atoms with Crippen LogP contribution in [-0.4, -0.2) is 24.0 Å². The van der Waals surface area contributed by atoms with Crippen molar-refractivity contribution in [1.82, 2.24) is 4.98 Å². The highest BCUT2D eigenvalue weighted by atomic mass is 16.5. The Hall–Kier alpha value is -2.30. The highest BCUT2D eigenvalue weighted by Gasteiger charge is 2.13. The smallest absolute Gasteiger partial charge is 0.338 e. The van der Waals surface area contributed by atoms with Gasteiger partial charge in [0.1, 0.15) is 0 Å². The van der Waals surface area contributed by atoms with Gasteiger partial charge in [0.25, 0.3) is 0 Å². The summed E-state index contributed by atoms with van der Waals surface area (Å²) in [6.45, 7) is 1.41. The van der Waals surface area contributed by atoms with Crippen LogP contribution in [-0.2, 0) is 9.53 Å². The van der Waals surface area contributed by atoms with Crippen LogP contribution in [0.25, 0.3) is 10.9 Å². The molecule has 0 atom stereocenters. The summed E-state index contributed by atoms with van der Waals surface area (Å²) in [6, 6.07) is 5.16. The molecule has 0 fully saturated rings. The lowest BCUT2D eigenvalue weighted by atomic mass is 10.1. The Morgan fingerprint density at radius 3 is 2.76 bits per heavy atom. The number of hydrogen-bond donors (Lipinski definition) is 2. The number of esters is 1. The van der Waals surface area contributed by atoms with Crippen LogP contribution in [0.1, 0.15) is 17.3 Å². The van der Waals surface area contributed by atoms with Gasteiger partial charge in [-0.25, -0.2) is 4.79 Å². The lowest BCUT2D eigenvalue weighted by Crippen LogP contribution is -2.08. The van der Waals surface area contributed by atoms with E-state index in [1.165, 1.54) is 14.0 Å². The molecule has 0 aliphatic carbocycles. The fourth-order valence-corrected chi connectivity index (χ4v) is 1.72. The topological polar surface area (TPSA) is 71.2 Å². The minimum Gasteiger partial charge on any atom is -0.465 e. The average Bonchev–Trinajstić information content (AvgIpc) is 2.74. The molecule has 0 radical (unpaired) electrons. The Bertz CT molecular complexity index is 586. The largest absolute Gasteiger partial charge is 0.465 e. The number of hydrogen-bond acceptors (Lipinski definition) is 3. The van der Waals surface area contributed by atoms with Crippen molar-refractivity contribution in [3.05, 3.63) is 30.0 Å². The van der Waals surface area contributed by atoms with E-state index < -0.39 is 5.97 Å². The standard InChI is InChI=1S/C12H12N2O3/c1-7(15)14-8-5-10(12(16)17-2)9-3-4-13-11(9)6-8/h3-6,13H,1-2H3,(H,14,15). The number of methoxy groups -OCH3 is 1. The number of rotatable bonds is 2. The molecule has 2 rings (SSSR count). The summed E-state index contributed by atoms with van der Waals surface area (Å²) in [4.78, 5) is 25.6. The molecule has 0 bridgehead atoms. The number of fused-ring (bicyclic) bond motifs is 1. The first-order valence-corrected chi connectivity index (χ1v) is 5.09. The summed E-state index contributed by atoms with van der Waals surface area (Å²) in [5.74, 6) is -0.617. The van der Waals surface area contributed by atoms with Gasteiger partial charge in [-0.15, -0.1) is 0 Å². The van der Waals surface area contributed by atoms with Gasteiger partial charge in [0.2, 0.25) is 5.91 Å². The third kappa shape index (κ3) is 2.13. The first-order valence-electron chi connectivity index (χ1n) is 5.09. The third-order valence-electron chi connectivity index (χ3n) is 2.39. The molecule has 17 heavy (non-hydrogen) atoms. The van der Waals surface area contributed by atoms with Gasteiger partial charge in [-0.3, -0.25) is 4.79 Å². The van der Waals surface area contributed by atoms with E-state index in [0.29, 0.717) is 11.3 Å². The molecule has 1 aromatic carbocycles. The van der Waals surface area contributed by atoms with Crippen LogP contribution >= 0.6 is 0 Å². The molecule has 0 saturated heterocycles. The Morgan fingerprint density at radius 2 is 2.12 bits per heavy atom. The Morgan fingerprint density at radius 1 is 1.35 bits per heavy atom. The molecule has 0 aliphatic heterocycles. The number of carbonyl (C=O) groups excluding carboxylic acids is 2. The quantitative estimate of drug-likeness (QED) is 0.777. The van der Waals surface area contributed by atoms with Crippen molar-refractivity contribution in [2.24, 2.45) is 0 Å². The summed E-state index contributed by atoms with van der Waals surface area (Å²) >= 11 is 0. The highest BCUT2D eigenvalue weighted by Crippen LogP contribution is 2.23. The van der Waals surface area contributed by atoms with E-state index in [2.05, 4.69) is 10.3 Å². The molecular weight excluding hydrogens is 220 g/mol. The lowest BCUT2D eigenvalue weighted by molar-refractivity contribution is -0.114. The van der Waals surface area contributed by atoms with Crippen molar-refractivity contribution in [2.45, 2.75) is 6.92 Å². The van der Waals surface area contributed by atoms with Crippen molar-refractivity contribution in [3.63, 3.8) is 0 Å². The zero-order chi connectivity index (χ0) is 12.4. The predicted octanol–water partition coefficient (Wildman–Crippen LogP) is 1.91. The van der Waals surface area contributed by atoms with E-state index in [-0.39, 0.29) is 5.91 Å². The maximum Gasteiger partial charge on any atom is 0.338 e. The second kappa shape index (κ2) is 4.29. The monoisotopic (exact) mass is 232 g/mol. The summed E-state index contributed by atoms with van der Waals surface area (Å²) in [5.41, 5.74) is 1.76. The van der Waals surface area contributed by atoms with Gasteiger partial charge < -0.3 is 15.0 Å². The molecular formula is C12H12N2O3. The average molecular weight is 232 g/mol. The van der Waals surface area contributed by atoms with Crippen molar-refractivity contribution >= 4 is 28.5 Å². The zero-order valence-electron chi connectivity index (χ0n) is 9.53. The number of amides is 1. The van der Waals surface area contributed by atoms with Gasteiger partial charge in [-0.2, -0.15) is 0 Å². The van der Waals surface area contributed by atoms with E-state index in [4.69, 9.17) is 4.74 Å². The second-order valence-electron chi connectivity index (χ2n) is 3.64. The highest BCUT2D eigenvalue weighted by molar-refractivity contribution is 6.06. The van der Waals surface area contributed by atoms with Gasteiger partial charge in [0.05, 0.1) is 12.7 Å². The molecule has 1 heterocycles. The first-order chi connectivity index (χ1) is 8.11. The molecule has 0 aliphatic rings. The second-order valence-corrected chi connectivity index (χ2v) is 3.64. The summed E-state index contributed by atoms with van der Waals surface area (Å²) in [5, 5.41) is 3.41. The van der Waals surface area contributed by atoms with Crippen LogP contribution in [0.2, 0.25) is 0 Å². The third-order valence-corrected chi connectivity index (χ3v) is 2.39. The van der Waals surface area contributed by atoms with Crippen LogP contribution in [0.4, 0.5) is 5.69 Å². The molecule has 0 saturated carbocycles. The Labute approximate surface area is 97.8 Å². The van der Waals surface area contributed by atoms with Crippen LogP contribution in [0.5, 0.6) is 0 Å². The summed E-state index contributed by atoms with van der Waals surface area (Å²) in [7, 11) is 1.33. The number of ether oxygens (including phenoxy) is 1. The first kappa shape index (κ1) is 11.2.